The summed E-state index contributed by atoms with van der Waals surface area (Å²) in [5.74, 6) is -0.397. The van der Waals surface area contributed by atoms with Crippen molar-refractivity contribution in [1.29, 1.82) is 0 Å². The number of hydrogen-bond acceptors (Lipinski definition) is 15. The zero-order chi connectivity index (χ0) is 36.0. The predicted octanol–water partition coefficient (Wildman–Crippen LogP) is 1.77. The molecule has 15 nitrogen and oxygen atoms in total. The molecule has 0 saturated carbocycles. The predicted molar refractivity (Wildman–Crippen MR) is 174 cm³/mol. The molecular formula is C34H62O15. The van der Waals surface area contributed by atoms with Crippen molar-refractivity contribution in [2.75, 3.05) is 54.9 Å². The molecule has 2 aliphatic rings. The summed E-state index contributed by atoms with van der Waals surface area (Å²) in [7, 11) is 5.86. The number of carbonyl (C=O) groups is 2. The summed E-state index contributed by atoms with van der Waals surface area (Å²) < 4.78 is 51.5. The van der Waals surface area contributed by atoms with Crippen LogP contribution in [0.4, 0.5) is 0 Å². The molecule has 10 atom stereocenters. The molecule has 2 aliphatic heterocycles. The summed E-state index contributed by atoms with van der Waals surface area (Å²) >= 11 is 0. The second-order valence-electron chi connectivity index (χ2n) is 12.6. The Hall–Kier alpha value is -1.50. The van der Waals surface area contributed by atoms with E-state index in [0.717, 1.165) is 77.0 Å². The van der Waals surface area contributed by atoms with Gasteiger partial charge in [-0.25, -0.2) is 0 Å². The number of aliphatic hydroxyl groups is 4. The minimum absolute atomic E-state index is 0.183. The van der Waals surface area contributed by atoms with E-state index in [-0.39, 0.29) is 18.5 Å². The SMILES string of the molecule is COC[C@H]1O[C@H](OCCCCCCCCC(=O)OC)[C@H](O[C@@H]2O[C@H](CO)[C@@H](O)[C@H](O)[C@H]2O)[C@@H](OCCCCCCCCC(=O)OC)[C@@H]1OC. The van der Waals surface area contributed by atoms with Crippen LogP contribution in [0.25, 0.3) is 0 Å². The van der Waals surface area contributed by atoms with Gasteiger partial charge in [0.05, 0.1) is 27.4 Å². The average molecular weight is 711 g/mol. The van der Waals surface area contributed by atoms with Crippen molar-refractivity contribution in [2.45, 2.75) is 151 Å². The maximum Gasteiger partial charge on any atom is 0.305 e. The van der Waals surface area contributed by atoms with Crippen molar-refractivity contribution in [3.8, 4) is 0 Å². The molecule has 4 N–H and O–H groups in total. The quantitative estimate of drug-likeness (QED) is 0.0748. The van der Waals surface area contributed by atoms with Crippen molar-refractivity contribution in [3.05, 3.63) is 0 Å². The second kappa shape index (κ2) is 25.5. The monoisotopic (exact) mass is 710 g/mol. The normalized spacial score (nSPS) is 30.3. The number of aliphatic hydroxyl groups excluding tert-OH is 4. The van der Waals surface area contributed by atoms with Crippen molar-refractivity contribution in [2.24, 2.45) is 0 Å². The number of carbonyl (C=O) groups excluding carboxylic acids is 2. The highest BCUT2D eigenvalue weighted by Gasteiger charge is 2.52. The molecule has 2 fully saturated rings. The zero-order valence-corrected chi connectivity index (χ0v) is 29.8. The first kappa shape index (κ1) is 43.7. The summed E-state index contributed by atoms with van der Waals surface area (Å²) in [4.78, 5) is 22.6. The lowest BCUT2D eigenvalue weighted by Crippen LogP contribution is -2.65. The van der Waals surface area contributed by atoms with E-state index in [2.05, 4.69) is 9.47 Å². The van der Waals surface area contributed by atoms with E-state index < -0.39 is 68.0 Å². The van der Waals surface area contributed by atoms with Crippen LogP contribution in [0.15, 0.2) is 0 Å². The van der Waals surface area contributed by atoms with Crippen molar-refractivity contribution in [1.82, 2.24) is 0 Å². The maximum absolute atomic E-state index is 11.3. The first-order valence-electron chi connectivity index (χ1n) is 17.7. The van der Waals surface area contributed by atoms with Gasteiger partial charge in [-0.1, -0.05) is 51.4 Å². The summed E-state index contributed by atoms with van der Waals surface area (Å²) in [5.41, 5.74) is 0. The van der Waals surface area contributed by atoms with Crippen LogP contribution < -0.4 is 0 Å². The van der Waals surface area contributed by atoms with Crippen LogP contribution in [-0.4, -0.2) is 149 Å². The summed E-state index contributed by atoms with van der Waals surface area (Å²) in [6, 6.07) is 0. The van der Waals surface area contributed by atoms with Gasteiger partial charge in [0, 0.05) is 40.3 Å². The van der Waals surface area contributed by atoms with Gasteiger partial charge in [0.1, 0.15) is 48.8 Å². The number of rotatable bonds is 26. The lowest BCUT2D eigenvalue weighted by atomic mass is 9.96. The van der Waals surface area contributed by atoms with Gasteiger partial charge in [-0.05, 0) is 25.7 Å². The van der Waals surface area contributed by atoms with Crippen molar-refractivity contribution >= 4 is 11.9 Å². The summed E-state index contributed by atoms with van der Waals surface area (Å²) in [5, 5.41) is 41.2. The van der Waals surface area contributed by atoms with Gasteiger partial charge in [0.25, 0.3) is 0 Å². The van der Waals surface area contributed by atoms with Crippen LogP contribution in [0.3, 0.4) is 0 Å². The van der Waals surface area contributed by atoms with Gasteiger partial charge in [-0.15, -0.1) is 0 Å². The fraction of sp³-hybridized carbons (Fsp3) is 0.941. The maximum atomic E-state index is 11.3. The van der Waals surface area contributed by atoms with E-state index in [9.17, 15) is 30.0 Å². The molecule has 0 aliphatic carbocycles. The summed E-state index contributed by atoms with van der Waals surface area (Å²) in [6.45, 7) is 0.279. The fourth-order valence-electron chi connectivity index (χ4n) is 6.04. The van der Waals surface area contributed by atoms with Crippen LogP contribution in [0.5, 0.6) is 0 Å². The van der Waals surface area contributed by atoms with E-state index in [1.165, 1.54) is 21.3 Å². The van der Waals surface area contributed by atoms with Crippen LogP contribution in [0.2, 0.25) is 0 Å². The number of methoxy groups -OCH3 is 4. The Balaban J connectivity index is 2.06. The van der Waals surface area contributed by atoms with Crippen LogP contribution in [0, 0.1) is 0 Å². The van der Waals surface area contributed by atoms with Gasteiger partial charge in [-0.2, -0.15) is 0 Å². The highest BCUT2D eigenvalue weighted by molar-refractivity contribution is 5.69. The standard InChI is InChI=1S/C34H62O15/c1-41-22-24-30(44-4)31(45-19-15-11-7-5-9-13-17-25(36)42-2)32(49-33-29(40)28(39)27(38)23(21-35)47-33)34(48-24)46-20-16-12-8-6-10-14-18-26(37)43-3/h23-24,27-35,38-40H,5-22H2,1-4H3/t23-,24-,27-,28+,29-,30-,31+,32-,33+,34+/m1/s1. The zero-order valence-electron chi connectivity index (χ0n) is 29.8. The largest absolute Gasteiger partial charge is 0.469 e. The third-order valence-corrected chi connectivity index (χ3v) is 8.93. The smallest absolute Gasteiger partial charge is 0.305 e. The molecule has 2 heterocycles. The van der Waals surface area contributed by atoms with Crippen LogP contribution >= 0.6 is 0 Å². The molecule has 0 unspecified atom stereocenters. The molecular weight excluding hydrogens is 648 g/mol. The highest BCUT2D eigenvalue weighted by atomic mass is 16.8. The van der Waals surface area contributed by atoms with E-state index >= 15 is 0 Å². The fourth-order valence-corrected chi connectivity index (χ4v) is 6.04. The minimum atomic E-state index is -1.63. The molecule has 0 bridgehead atoms. The van der Waals surface area contributed by atoms with E-state index in [4.69, 9.17) is 33.2 Å². The highest BCUT2D eigenvalue weighted by Crippen LogP contribution is 2.33. The number of unbranched alkanes of at least 4 members (excludes halogenated alkanes) is 10. The molecule has 0 spiro atoms. The Morgan fingerprint density at radius 2 is 1.08 bits per heavy atom. The molecule has 288 valence electrons. The molecule has 2 rings (SSSR count). The van der Waals surface area contributed by atoms with E-state index in [1.807, 2.05) is 0 Å². The molecule has 2 saturated heterocycles. The Labute approximate surface area is 290 Å². The molecule has 0 radical (unpaired) electrons. The molecule has 15 heteroatoms. The van der Waals surface area contributed by atoms with Gasteiger partial charge >= 0.3 is 11.9 Å². The second-order valence-corrected chi connectivity index (χ2v) is 12.6. The Morgan fingerprint density at radius 3 is 1.59 bits per heavy atom. The molecule has 0 aromatic carbocycles. The van der Waals surface area contributed by atoms with Gasteiger partial charge in [0.15, 0.2) is 12.6 Å². The topological polar surface area (TPSA) is 198 Å². The molecule has 0 aromatic heterocycles. The van der Waals surface area contributed by atoms with Crippen LogP contribution in [0.1, 0.15) is 89.9 Å². The van der Waals surface area contributed by atoms with Crippen molar-refractivity contribution in [3.63, 3.8) is 0 Å². The summed E-state index contributed by atoms with van der Waals surface area (Å²) in [6.07, 6.45) is 0.103. The first-order valence-corrected chi connectivity index (χ1v) is 17.7. The van der Waals surface area contributed by atoms with Crippen LogP contribution in [-0.2, 0) is 52.2 Å². The third kappa shape index (κ3) is 15.3. The van der Waals surface area contributed by atoms with E-state index in [0.29, 0.717) is 26.1 Å². The van der Waals surface area contributed by atoms with Gasteiger partial charge in [-0.3, -0.25) is 9.59 Å². The molecule has 0 amide bonds. The Bertz CT molecular complexity index is 877. The molecule has 49 heavy (non-hydrogen) atoms. The van der Waals surface area contributed by atoms with Crippen molar-refractivity contribution < 1.29 is 72.6 Å². The minimum Gasteiger partial charge on any atom is -0.469 e. The number of ether oxygens (including phenoxy) is 9. The Kier molecular flexibility index (Phi) is 22.7. The number of esters is 2. The van der Waals surface area contributed by atoms with Gasteiger partial charge in [0.2, 0.25) is 0 Å². The molecule has 0 aromatic rings. The lowest BCUT2D eigenvalue weighted by Gasteiger charge is -2.48. The van der Waals surface area contributed by atoms with Gasteiger partial charge < -0.3 is 63.1 Å². The number of hydrogen-bond donors (Lipinski definition) is 4. The Morgan fingerprint density at radius 1 is 0.571 bits per heavy atom. The lowest BCUT2D eigenvalue weighted by molar-refractivity contribution is -0.372. The third-order valence-electron chi connectivity index (χ3n) is 8.93. The average Bonchev–Trinajstić information content (AvgIpc) is 3.10. The van der Waals surface area contributed by atoms with E-state index in [1.54, 1.807) is 7.11 Å². The first-order chi connectivity index (χ1) is 23.7.